The second kappa shape index (κ2) is 11.2. The van der Waals surface area contributed by atoms with Gasteiger partial charge < -0.3 is 19.7 Å². The Morgan fingerprint density at radius 1 is 0.944 bits per heavy atom. The molecule has 3 aromatic rings. The van der Waals surface area contributed by atoms with Crippen molar-refractivity contribution in [3.8, 4) is 11.5 Å². The van der Waals surface area contributed by atoms with Crippen LogP contribution < -0.4 is 14.8 Å². The molecule has 6 nitrogen and oxygen atoms in total. The van der Waals surface area contributed by atoms with Gasteiger partial charge in [-0.25, -0.2) is 0 Å². The van der Waals surface area contributed by atoms with Crippen molar-refractivity contribution in [1.82, 2.24) is 10.2 Å². The van der Waals surface area contributed by atoms with Crippen LogP contribution in [-0.2, 0) is 0 Å². The van der Waals surface area contributed by atoms with E-state index < -0.39 is 0 Å². The predicted molar refractivity (Wildman–Crippen MR) is 142 cm³/mol. The van der Waals surface area contributed by atoms with E-state index in [4.69, 9.17) is 32.7 Å². The fourth-order valence-corrected chi connectivity index (χ4v) is 4.94. The molecule has 1 heterocycles. The standard InChI is InChI=1S/C28H28Cl2N2O4/c1-17-8-9-18(14-23(17)30)21-16-32(28(34)19-10-11-25(35-2)26(15-19)36-3)13-12-24(21)31-27(33)20-6-4-5-7-22(20)29/h4-11,14-15,21,24H,12-13,16H2,1-3H3,(H,31,33)/t21-,24+/m0/s1. The molecule has 1 aliphatic rings. The van der Waals surface area contributed by atoms with E-state index in [1.807, 2.05) is 25.1 Å². The van der Waals surface area contributed by atoms with Crippen LogP contribution in [-0.4, -0.2) is 50.1 Å². The zero-order valence-electron chi connectivity index (χ0n) is 20.4. The van der Waals surface area contributed by atoms with Gasteiger partial charge in [0.25, 0.3) is 11.8 Å². The number of likely N-dealkylation sites (tertiary alicyclic amines) is 1. The summed E-state index contributed by atoms with van der Waals surface area (Å²) in [5, 5.41) is 4.19. The molecule has 8 heteroatoms. The van der Waals surface area contributed by atoms with Crippen LogP contribution in [0.5, 0.6) is 11.5 Å². The Balaban J connectivity index is 1.61. The molecule has 0 aliphatic carbocycles. The van der Waals surface area contributed by atoms with Gasteiger partial charge in [0.05, 0.1) is 24.8 Å². The summed E-state index contributed by atoms with van der Waals surface area (Å²) in [4.78, 5) is 28.3. The van der Waals surface area contributed by atoms with E-state index in [1.165, 1.54) is 7.11 Å². The maximum absolute atomic E-state index is 13.5. The van der Waals surface area contributed by atoms with Gasteiger partial charge in [-0.05, 0) is 60.9 Å². The van der Waals surface area contributed by atoms with Gasteiger partial charge in [0, 0.05) is 35.6 Å². The van der Waals surface area contributed by atoms with Crippen molar-refractivity contribution in [1.29, 1.82) is 0 Å². The van der Waals surface area contributed by atoms with Crippen molar-refractivity contribution in [2.45, 2.75) is 25.3 Å². The maximum atomic E-state index is 13.5. The van der Waals surface area contributed by atoms with E-state index in [0.29, 0.717) is 52.2 Å². The molecule has 0 aromatic heterocycles. The second-order valence-corrected chi connectivity index (χ2v) is 9.60. The lowest BCUT2D eigenvalue weighted by molar-refractivity contribution is 0.0671. The Bertz CT molecular complexity index is 1280. The third kappa shape index (κ3) is 5.45. The molecule has 0 bridgehead atoms. The van der Waals surface area contributed by atoms with Crippen LogP contribution in [0.1, 0.15) is 44.2 Å². The molecule has 36 heavy (non-hydrogen) atoms. The summed E-state index contributed by atoms with van der Waals surface area (Å²) < 4.78 is 10.7. The zero-order valence-corrected chi connectivity index (χ0v) is 21.9. The number of nitrogens with one attached hydrogen (secondary N) is 1. The summed E-state index contributed by atoms with van der Waals surface area (Å²) in [7, 11) is 3.09. The Morgan fingerprint density at radius 3 is 2.39 bits per heavy atom. The molecule has 2 amide bonds. The second-order valence-electron chi connectivity index (χ2n) is 8.78. The molecule has 4 rings (SSSR count). The number of nitrogens with zero attached hydrogens (tertiary/aromatic N) is 1. The lowest BCUT2D eigenvalue weighted by Crippen LogP contribution is -2.51. The minimum atomic E-state index is -0.242. The molecule has 188 valence electrons. The Hall–Kier alpha value is -3.22. The molecule has 1 aliphatic heterocycles. The van der Waals surface area contributed by atoms with Crippen LogP contribution in [0.2, 0.25) is 10.0 Å². The lowest BCUT2D eigenvalue weighted by atomic mass is 9.85. The summed E-state index contributed by atoms with van der Waals surface area (Å²) in [6.07, 6.45) is 0.575. The largest absolute Gasteiger partial charge is 0.493 e. The zero-order chi connectivity index (χ0) is 25.8. The van der Waals surface area contributed by atoms with Gasteiger partial charge in [-0.1, -0.05) is 47.5 Å². The third-order valence-corrected chi connectivity index (χ3v) is 7.33. The highest BCUT2D eigenvalue weighted by Crippen LogP contribution is 2.33. The summed E-state index contributed by atoms with van der Waals surface area (Å²) in [6, 6.07) is 17.8. The summed E-state index contributed by atoms with van der Waals surface area (Å²) in [5.74, 6) is 0.533. The number of rotatable bonds is 6. The van der Waals surface area contributed by atoms with Crippen molar-refractivity contribution in [3.05, 3.63) is 93.0 Å². The van der Waals surface area contributed by atoms with Gasteiger partial charge >= 0.3 is 0 Å². The number of hydrogen-bond donors (Lipinski definition) is 1. The minimum Gasteiger partial charge on any atom is -0.493 e. The molecule has 0 saturated carbocycles. The lowest BCUT2D eigenvalue weighted by Gasteiger charge is -2.39. The molecule has 1 saturated heterocycles. The topological polar surface area (TPSA) is 67.9 Å². The first-order chi connectivity index (χ1) is 17.3. The van der Waals surface area contributed by atoms with Gasteiger partial charge in [-0.15, -0.1) is 0 Å². The van der Waals surface area contributed by atoms with E-state index in [9.17, 15) is 9.59 Å². The van der Waals surface area contributed by atoms with Crippen molar-refractivity contribution >= 4 is 35.0 Å². The SMILES string of the molecule is COc1ccc(C(=O)N2CC[C@@H](NC(=O)c3ccccc3Cl)[C@H](c3ccc(C)c(Cl)c3)C2)cc1OC. The van der Waals surface area contributed by atoms with Gasteiger partial charge in [0.1, 0.15) is 0 Å². The number of carbonyl (C=O) groups excluding carboxylic acids is 2. The van der Waals surface area contributed by atoms with E-state index in [-0.39, 0.29) is 23.8 Å². The average Bonchev–Trinajstić information content (AvgIpc) is 2.89. The highest BCUT2D eigenvalue weighted by molar-refractivity contribution is 6.33. The van der Waals surface area contributed by atoms with E-state index in [1.54, 1.807) is 54.5 Å². The monoisotopic (exact) mass is 526 g/mol. The molecular formula is C28H28Cl2N2O4. The smallest absolute Gasteiger partial charge is 0.254 e. The van der Waals surface area contributed by atoms with Crippen LogP contribution in [0.4, 0.5) is 0 Å². The molecule has 1 fully saturated rings. The van der Waals surface area contributed by atoms with Crippen LogP contribution in [0.3, 0.4) is 0 Å². The third-order valence-electron chi connectivity index (χ3n) is 6.59. The van der Waals surface area contributed by atoms with Crippen LogP contribution in [0, 0.1) is 6.92 Å². The Kier molecular flexibility index (Phi) is 8.07. The molecule has 1 N–H and O–H groups in total. The molecule has 0 spiro atoms. The van der Waals surface area contributed by atoms with Crippen LogP contribution in [0.25, 0.3) is 0 Å². The fraction of sp³-hybridized carbons (Fsp3) is 0.286. The van der Waals surface area contributed by atoms with Gasteiger partial charge in [0.2, 0.25) is 0 Å². The predicted octanol–water partition coefficient (Wildman–Crippen LogP) is 5.75. The number of hydrogen-bond acceptors (Lipinski definition) is 4. The van der Waals surface area contributed by atoms with E-state index in [0.717, 1.165) is 11.1 Å². The molecule has 0 radical (unpaired) electrons. The number of carbonyl (C=O) groups is 2. The average molecular weight is 527 g/mol. The molecule has 0 unspecified atom stereocenters. The van der Waals surface area contributed by atoms with Crippen LogP contribution >= 0.6 is 23.2 Å². The molecule has 2 atom stereocenters. The maximum Gasteiger partial charge on any atom is 0.254 e. The van der Waals surface area contributed by atoms with Crippen LogP contribution in [0.15, 0.2) is 60.7 Å². The van der Waals surface area contributed by atoms with Gasteiger partial charge in [-0.3, -0.25) is 9.59 Å². The first-order valence-electron chi connectivity index (χ1n) is 11.6. The number of amides is 2. The highest BCUT2D eigenvalue weighted by atomic mass is 35.5. The Morgan fingerprint density at radius 2 is 1.69 bits per heavy atom. The molecule has 3 aromatic carbocycles. The number of halogens is 2. The minimum absolute atomic E-state index is 0.116. The number of methoxy groups -OCH3 is 2. The number of piperidine rings is 1. The first kappa shape index (κ1) is 25.9. The Labute approximate surface area is 221 Å². The number of aryl methyl sites for hydroxylation is 1. The highest BCUT2D eigenvalue weighted by Gasteiger charge is 2.34. The van der Waals surface area contributed by atoms with Gasteiger partial charge in [0.15, 0.2) is 11.5 Å². The van der Waals surface area contributed by atoms with Crippen molar-refractivity contribution in [2.75, 3.05) is 27.3 Å². The summed E-state index contributed by atoms with van der Waals surface area (Å²) in [6.45, 7) is 2.84. The number of ether oxygens (including phenoxy) is 2. The first-order valence-corrected chi connectivity index (χ1v) is 12.4. The van der Waals surface area contributed by atoms with E-state index >= 15 is 0 Å². The summed E-state index contributed by atoms with van der Waals surface area (Å²) >= 11 is 12.7. The normalized spacial score (nSPS) is 17.4. The van der Waals surface area contributed by atoms with Crippen molar-refractivity contribution < 1.29 is 19.1 Å². The van der Waals surface area contributed by atoms with Crippen molar-refractivity contribution in [3.63, 3.8) is 0 Å². The quantitative estimate of drug-likeness (QED) is 0.444. The van der Waals surface area contributed by atoms with Crippen molar-refractivity contribution in [2.24, 2.45) is 0 Å². The molecular weight excluding hydrogens is 499 g/mol. The fourth-order valence-electron chi connectivity index (χ4n) is 4.53. The number of benzene rings is 3. The summed E-state index contributed by atoms with van der Waals surface area (Å²) in [5.41, 5.74) is 2.85. The van der Waals surface area contributed by atoms with Gasteiger partial charge in [-0.2, -0.15) is 0 Å². The van der Waals surface area contributed by atoms with E-state index in [2.05, 4.69) is 5.32 Å².